The van der Waals surface area contributed by atoms with Crippen LogP contribution < -0.4 is 10.2 Å². The van der Waals surface area contributed by atoms with Crippen molar-refractivity contribution >= 4 is 29.0 Å². The second-order valence-corrected chi connectivity index (χ2v) is 6.82. The first-order chi connectivity index (χ1) is 12.4. The van der Waals surface area contributed by atoms with E-state index >= 15 is 0 Å². The molecular formula is C19H20ClF2N3O. The zero-order chi connectivity index (χ0) is 18.8. The normalized spacial score (nSPS) is 14.5. The van der Waals surface area contributed by atoms with Crippen LogP contribution in [0.5, 0.6) is 0 Å². The molecule has 1 saturated heterocycles. The number of hydrogen-bond donors (Lipinski definition) is 1. The fraction of sp³-hybridized carbons (Fsp3) is 0.316. The Labute approximate surface area is 156 Å². The maximum Gasteiger partial charge on any atom is 0.322 e. The van der Waals surface area contributed by atoms with Gasteiger partial charge in [0.2, 0.25) is 0 Å². The largest absolute Gasteiger partial charge is 0.367 e. The number of halogens is 3. The number of hydrogen-bond acceptors (Lipinski definition) is 2. The van der Waals surface area contributed by atoms with Gasteiger partial charge in [-0.15, -0.1) is 0 Å². The third-order valence-electron chi connectivity index (χ3n) is 4.48. The summed E-state index contributed by atoms with van der Waals surface area (Å²) in [6.45, 7) is 6.06. The Balaban J connectivity index is 1.66. The number of amides is 2. The number of nitrogens with one attached hydrogen (secondary N) is 1. The first-order valence-corrected chi connectivity index (χ1v) is 8.76. The molecule has 0 saturated carbocycles. The van der Waals surface area contributed by atoms with Crippen LogP contribution in [0.2, 0.25) is 5.02 Å². The summed E-state index contributed by atoms with van der Waals surface area (Å²) in [5.74, 6) is -1.59. The Hall–Kier alpha value is -2.34. The predicted octanol–water partition coefficient (Wildman–Crippen LogP) is 4.59. The summed E-state index contributed by atoms with van der Waals surface area (Å²) in [4.78, 5) is 16.0. The minimum absolute atomic E-state index is 0.419. The highest BCUT2D eigenvalue weighted by Gasteiger charge is 2.24. The molecule has 138 valence electrons. The maximum absolute atomic E-state index is 13.7. The van der Waals surface area contributed by atoms with Gasteiger partial charge in [0.05, 0.1) is 10.7 Å². The molecule has 1 aliphatic heterocycles. The van der Waals surface area contributed by atoms with E-state index in [-0.39, 0.29) is 0 Å². The van der Waals surface area contributed by atoms with E-state index in [2.05, 4.69) is 16.3 Å². The van der Waals surface area contributed by atoms with Crippen LogP contribution in [0, 0.1) is 25.5 Å². The monoisotopic (exact) mass is 379 g/mol. The molecule has 1 fully saturated rings. The topological polar surface area (TPSA) is 35.6 Å². The predicted molar refractivity (Wildman–Crippen MR) is 100 cm³/mol. The molecule has 0 aliphatic carbocycles. The summed E-state index contributed by atoms with van der Waals surface area (Å²) >= 11 is 6.39. The number of carbonyl (C=O) groups excluding carboxylic acids is 1. The Kier molecular flexibility index (Phi) is 5.32. The van der Waals surface area contributed by atoms with Gasteiger partial charge in [-0.2, -0.15) is 0 Å². The van der Waals surface area contributed by atoms with Crippen molar-refractivity contribution < 1.29 is 13.6 Å². The van der Waals surface area contributed by atoms with Crippen molar-refractivity contribution in [2.45, 2.75) is 13.8 Å². The molecule has 2 amide bonds. The highest BCUT2D eigenvalue weighted by molar-refractivity contribution is 6.33. The molecule has 0 bridgehead atoms. The van der Waals surface area contributed by atoms with Crippen molar-refractivity contribution in [1.82, 2.24) is 4.90 Å². The van der Waals surface area contributed by atoms with E-state index in [0.717, 1.165) is 28.9 Å². The molecule has 1 N–H and O–H groups in total. The molecule has 0 aromatic heterocycles. The highest BCUT2D eigenvalue weighted by atomic mass is 35.5. The summed E-state index contributed by atoms with van der Waals surface area (Å²) in [6, 6.07) is 6.95. The summed E-state index contributed by atoms with van der Waals surface area (Å²) in [5, 5.41) is 3.01. The number of piperazine rings is 1. The number of rotatable bonds is 2. The molecule has 7 heteroatoms. The molecule has 26 heavy (non-hydrogen) atoms. The molecule has 4 nitrogen and oxygen atoms in total. The first kappa shape index (κ1) is 18.5. The number of benzene rings is 2. The van der Waals surface area contributed by atoms with E-state index in [4.69, 9.17) is 11.6 Å². The minimum atomic E-state index is -0.793. The summed E-state index contributed by atoms with van der Waals surface area (Å²) in [5.41, 5.74) is 2.73. The molecule has 1 heterocycles. The van der Waals surface area contributed by atoms with Gasteiger partial charge in [0.15, 0.2) is 0 Å². The Morgan fingerprint density at radius 2 is 1.69 bits per heavy atom. The van der Waals surface area contributed by atoms with Crippen LogP contribution in [0.4, 0.5) is 25.0 Å². The van der Waals surface area contributed by atoms with Crippen LogP contribution in [0.1, 0.15) is 11.1 Å². The highest BCUT2D eigenvalue weighted by Crippen LogP contribution is 2.31. The van der Waals surface area contributed by atoms with Crippen molar-refractivity contribution in [3.63, 3.8) is 0 Å². The average molecular weight is 380 g/mol. The second-order valence-electron chi connectivity index (χ2n) is 6.41. The van der Waals surface area contributed by atoms with Crippen LogP contribution in [0.3, 0.4) is 0 Å². The van der Waals surface area contributed by atoms with E-state index in [9.17, 15) is 13.6 Å². The lowest BCUT2D eigenvalue weighted by Crippen LogP contribution is -2.50. The molecule has 0 spiro atoms. The molecule has 2 aromatic carbocycles. The second kappa shape index (κ2) is 7.50. The van der Waals surface area contributed by atoms with Gasteiger partial charge in [0, 0.05) is 26.2 Å². The molecule has 0 radical (unpaired) electrons. The lowest BCUT2D eigenvalue weighted by atomic mass is 10.1. The number of urea groups is 1. The lowest BCUT2D eigenvalue weighted by Gasteiger charge is -2.37. The van der Waals surface area contributed by atoms with Crippen LogP contribution in [-0.4, -0.2) is 37.1 Å². The molecule has 2 aromatic rings. The van der Waals surface area contributed by atoms with Crippen molar-refractivity contribution in [2.75, 3.05) is 36.4 Å². The zero-order valence-electron chi connectivity index (χ0n) is 14.7. The Bertz CT molecular complexity index is 792. The fourth-order valence-electron chi connectivity index (χ4n) is 3.24. The van der Waals surface area contributed by atoms with Gasteiger partial charge in [0.1, 0.15) is 17.3 Å². The van der Waals surface area contributed by atoms with Gasteiger partial charge in [-0.3, -0.25) is 0 Å². The number of para-hydroxylation sites is 1. The standard InChI is InChI=1S/C19H20ClF2N3O/c1-12-10-13(2)18(14(20)11-12)24-6-8-25(9-7-24)19(26)23-17-15(21)4-3-5-16(17)22/h3-5,10-11H,6-9H2,1-2H3,(H,23,26). The van der Waals surface area contributed by atoms with E-state index in [1.807, 2.05) is 19.9 Å². The Morgan fingerprint density at radius 1 is 1.08 bits per heavy atom. The Morgan fingerprint density at radius 3 is 2.27 bits per heavy atom. The third-order valence-corrected chi connectivity index (χ3v) is 4.76. The van der Waals surface area contributed by atoms with Gasteiger partial charge in [0.25, 0.3) is 0 Å². The van der Waals surface area contributed by atoms with E-state index in [0.29, 0.717) is 31.2 Å². The summed E-state index contributed by atoms with van der Waals surface area (Å²) in [6.07, 6.45) is 0. The van der Waals surface area contributed by atoms with Gasteiger partial charge in [-0.25, -0.2) is 13.6 Å². The molecular weight excluding hydrogens is 360 g/mol. The smallest absolute Gasteiger partial charge is 0.322 e. The number of anilines is 2. The molecule has 1 aliphatic rings. The zero-order valence-corrected chi connectivity index (χ0v) is 15.4. The maximum atomic E-state index is 13.7. The molecule has 0 atom stereocenters. The van der Waals surface area contributed by atoms with Gasteiger partial charge in [-0.1, -0.05) is 23.7 Å². The van der Waals surface area contributed by atoms with Crippen LogP contribution in [0.15, 0.2) is 30.3 Å². The quantitative estimate of drug-likeness (QED) is 0.828. The number of carbonyl (C=O) groups is 1. The molecule has 0 unspecified atom stereocenters. The van der Waals surface area contributed by atoms with Gasteiger partial charge >= 0.3 is 6.03 Å². The van der Waals surface area contributed by atoms with Crippen LogP contribution in [-0.2, 0) is 0 Å². The van der Waals surface area contributed by atoms with Gasteiger partial charge < -0.3 is 15.1 Å². The van der Waals surface area contributed by atoms with Crippen molar-refractivity contribution in [1.29, 1.82) is 0 Å². The number of nitrogens with zero attached hydrogens (tertiary/aromatic N) is 2. The van der Waals surface area contributed by atoms with Crippen molar-refractivity contribution in [3.05, 3.63) is 58.1 Å². The lowest BCUT2D eigenvalue weighted by molar-refractivity contribution is 0.208. The average Bonchev–Trinajstić information content (AvgIpc) is 2.58. The van der Waals surface area contributed by atoms with Crippen molar-refractivity contribution in [2.24, 2.45) is 0 Å². The molecule has 3 rings (SSSR count). The van der Waals surface area contributed by atoms with Crippen LogP contribution >= 0.6 is 11.6 Å². The fourth-order valence-corrected chi connectivity index (χ4v) is 3.69. The minimum Gasteiger partial charge on any atom is -0.367 e. The van der Waals surface area contributed by atoms with Crippen molar-refractivity contribution in [3.8, 4) is 0 Å². The first-order valence-electron chi connectivity index (χ1n) is 8.38. The van der Waals surface area contributed by atoms with E-state index < -0.39 is 23.4 Å². The van der Waals surface area contributed by atoms with Crippen LogP contribution in [0.25, 0.3) is 0 Å². The summed E-state index contributed by atoms with van der Waals surface area (Å²) in [7, 11) is 0. The third kappa shape index (κ3) is 3.75. The van der Waals surface area contributed by atoms with Gasteiger partial charge in [-0.05, 0) is 43.2 Å². The van der Waals surface area contributed by atoms with E-state index in [1.165, 1.54) is 6.07 Å². The van der Waals surface area contributed by atoms with E-state index in [1.54, 1.807) is 4.90 Å². The number of aryl methyl sites for hydroxylation is 2. The summed E-state index contributed by atoms with van der Waals surface area (Å²) < 4.78 is 27.4. The SMILES string of the molecule is Cc1cc(C)c(N2CCN(C(=O)Nc3c(F)cccc3F)CC2)c(Cl)c1.